The van der Waals surface area contributed by atoms with E-state index in [0.717, 1.165) is 30.9 Å². The molecule has 1 heterocycles. The molecule has 148 valence electrons. The van der Waals surface area contributed by atoms with Gasteiger partial charge in [-0.1, -0.05) is 38.1 Å². The van der Waals surface area contributed by atoms with Crippen LogP contribution in [0, 0.1) is 0 Å². The Morgan fingerprint density at radius 2 is 1.79 bits per heavy atom. The van der Waals surface area contributed by atoms with Crippen molar-refractivity contribution in [2.75, 3.05) is 30.4 Å². The number of hydrogen-bond acceptors (Lipinski definition) is 3. The predicted octanol–water partition coefficient (Wildman–Crippen LogP) is 4.01. The lowest BCUT2D eigenvalue weighted by Crippen LogP contribution is -2.29. The van der Waals surface area contributed by atoms with Crippen molar-refractivity contribution in [1.82, 2.24) is 4.90 Å². The Labute approximate surface area is 167 Å². The minimum Gasteiger partial charge on any atom is -0.325 e. The van der Waals surface area contributed by atoms with E-state index < -0.39 is 0 Å². The summed E-state index contributed by atoms with van der Waals surface area (Å²) in [5.41, 5.74) is 4.15. The highest BCUT2D eigenvalue weighted by molar-refractivity contribution is 5.96. The van der Waals surface area contributed by atoms with Crippen molar-refractivity contribution in [3.8, 4) is 0 Å². The van der Waals surface area contributed by atoms with Gasteiger partial charge in [0, 0.05) is 30.9 Å². The molecule has 0 aromatic heterocycles. The van der Waals surface area contributed by atoms with Gasteiger partial charge in [0.2, 0.25) is 11.8 Å². The van der Waals surface area contributed by atoms with Crippen LogP contribution >= 0.6 is 0 Å². The molecule has 0 spiro atoms. The van der Waals surface area contributed by atoms with Crippen molar-refractivity contribution in [3.05, 3.63) is 59.7 Å². The summed E-state index contributed by atoms with van der Waals surface area (Å²) in [7, 11) is 1.94. The Morgan fingerprint density at radius 1 is 1.11 bits per heavy atom. The third kappa shape index (κ3) is 5.20. The van der Waals surface area contributed by atoms with Gasteiger partial charge in [0.15, 0.2) is 0 Å². The summed E-state index contributed by atoms with van der Waals surface area (Å²) < 4.78 is 0. The van der Waals surface area contributed by atoms with Crippen LogP contribution in [0.15, 0.2) is 48.5 Å². The number of carbonyl (C=O) groups excluding carboxylic acids is 2. The minimum atomic E-state index is -0.0497. The molecule has 5 nitrogen and oxygen atoms in total. The number of carbonyl (C=O) groups is 2. The van der Waals surface area contributed by atoms with Crippen LogP contribution in [0.2, 0.25) is 0 Å². The van der Waals surface area contributed by atoms with Crippen molar-refractivity contribution < 1.29 is 9.59 Å². The van der Waals surface area contributed by atoms with Crippen LogP contribution in [-0.4, -0.2) is 36.9 Å². The second-order valence-electron chi connectivity index (χ2n) is 7.81. The molecule has 1 saturated heterocycles. The van der Waals surface area contributed by atoms with E-state index in [4.69, 9.17) is 0 Å². The largest absolute Gasteiger partial charge is 0.325 e. The molecular weight excluding hydrogens is 350 g/mol. The standard InChI is InChI=1S/C23H29N3O2/c1-17(2)19-8-6-18(7-9-19)15-25(3)16-22(27)24-20-10-12-21(13-11-20)26-14-4-5-23(26)28/h6-13,17H,4-5,14-16H2,1-3H3,(H,24,27). The topological polar surface area (TPSA) is 52.7 Å². The molecular formula is C23H29N3O2. The van der Waals surface area contributed by atoms with Crippen molar-refractivity contribution in [2.45, 2.75) is 39.2 Å². The van der Waals surface area contributed by atoms with Crippen molar-refractivity contribution in [3.63, 3.8) is 0 Å². The van der Waals surface area contributed by atoms with Gasteiger partial charge in [-0.25, -0.2) is 0 Å². The molecule has 0 aliphatic carbocycles. The van der Waals surface area contributed by atoms with E-state index in [1.165, 1.54) is 11.1 Å². The minimum absolute atomic E-state index is 0.0497. The highest BCUT2D eigenvalue weighted by Gasteiger charge is 2.21. The maximum Gasteiger partial charge on any atom is 0.238 e. The Kier molecular flexibility index (Phi) is 6.47. The number of likely N-dealkylation sites (N-methyl/N-ethyl adjacent to an activating group) is 1. The van der Waals surface area contributed by atoms with Gasteiger partial charge in [0.05, 0.1) is 6.54 Å². The Hall–Kier alpha value is -2.66. The molecule has 0 radical (unpaired) electrons. The number of hydrogen-bond donors (Lipinski definition) is 1. The van der Waals surface area contributed by atoms with Gasteiger partial charge in [-0.3, -0.25) is 14.5 Å². The van der Waals surface area contributed by atoms with Crippen LogP contribution in [0.3, 0.4) is 0 Å². The smallest absolute Gasteiger partial charge is 0.238 e. The number of benzene rings is 2. The summed E-state index contributed by atoms with van der Waals surface area (Å²) in [5, 5.41) is 2.93. The first-order valence-electron chi connectivity index (χ1n) is 9.90. The molecule has 2 aromatic carbocycles. The summed E-state index contributed by atoms with van der Waals surface area (Å²) in [4.78, 5) is 27.9. The molecule has 2 amide bonds. The number of anilines is 2. The molecule has 5 heteroatoms. The second kappa shape index (κ2) is 9.02. The molecule has 28 heavy (non-hydrogen) atoms. The molecule has 0 unspecified atom stereocenters. The van der Waals surface area contributed by atoms with Gasteiger partial charge in [-0.2, -0.15) is 0 Å². The Bertz CT molecular complexity index is 813. The van der Waals surface area contributed by atoms with Gasteiger partial charge in [-0.05, 0) is 54.8 Å². The van der Waals surface area contributed by atoms with E-state index in [0.29, 0.717) is 18.9 Å². The summed E-state index contributed by atoms with van der Waals surface area (Å²) >= 11 is 0. The highest BCUT2D eigenvalue weighted by Crippen LogP contribution is 2.23. The molecule has 0 bridgehead atoms. The number of nitrogens with zero attached hydrogens (tertiary/aromatic N) is 2. The quantitative estimate of drug-likeness (QED) is 0.791. The first-order chi connectivity index (χ1) is 13.4. The molecule has 1 aliphatic rings. The summed E-state index contributed by atoms with van der Waals surface area (Å²) in [6.07, 6.45) is 1.52. The lowest BCUT2D eigenvalue weighted by atomic mass is 10.0. The fourth-order valence-electron chi connectivity index (χ4n) is 3.47. The van der Waals surface area contributed by atoms with Crippen LogP contribution in [0.4, 0.5) is 11.4 Å². The summed E-state index contributed by atoms with van der Waals surface area (Å²) in [6, 6.07) is 16.0. The van der Waals surface area contributed by atoms with Gasteiger partial charge in [0.1, 0.15) is 0 Å². The first kappa shape index (κ1) is 20.1. The van der Waals surface area contributed by atoms with Crippen LogP contribution in [-0.2, 0) is 16.1 Å². The maximum atomic E-state index is 12.3. The van der Waals surface area contributed by atoms with E-state index in [2.05, 4.69) is 43.4 Å². The third-order valence-corrected chi connectivity index (χ3v) is 5.05. The number of rotatable bonds is 7. The highest BCUT2D eigenvalue weighted by atomic mass is 16.2. The predicted molar refractivity (Wildman–Crippen MR) is 114 cm³/mol. The monoisotopic (exact) mass is 379 g/mol. The molecule has 0 saturated carbocycles. The first-order valence-corrected chi connectivity index (χ1v) is 9.90. The van der Waals surface area contributed by atoms with E-state index in [9.17, 15) is 9.59 Å². The maximum absolute atomic E-state index is 12.3. The van der Waals surface area contributed by atoms with Crippen LogP contribution in [0.5, 0.6) is 0 Å². The van der Waals surface area contributed by atoms with Crippen molar-refractivity contribution >= 4 is 23.2 Å². The number of nitrogens with one attached hydrogen (secondary N) is 1. The zero-order valence-electron chi connectivity index (χ0n) is 16.9. The van der Waals surface area contributed by atoms with Crippen molar-refractivity contribution in [1.29, 1.82) is 0 Å². The SMILES string of the molecule is CC(C)c1ccc(CN(C)CC(=O)Nc2ccc(N3CCCC3=O)cc2)cc1. The average Bonchev–Trinajstić information content (AvgIpc) is 3.08. The molecule has 3 rings (SSSR count). The van der Waals surface area contributed by atoms with Gasteiger partial charge in [-0.15, -0.1) is 0 Å². The lowest BCUT2D eigenvalue weighted by molar-refractivity contribution is -0.117. The van der Waals surface area contributed by atoms with Crippen LogP contribution < -0.4 is 10.2 Å². The molecule has 1 fully saturated rings. The second-order valence-corrected chi connectivity index (χ2v) is 7.81. The normalized spacial score (nSPS) is 14.2. The summed E-state index contributed by atoms with van der Waals surface area (Å²) in [5.74, 6) is 0.638. The number of amides is 2. The molecule has 1 aliphatic heterocycles. The van der Waals surface area contributed by atoms with Gasteiger partial charge in [0.25, 0.3) is 0 Å². The zero-order chi connectivity index (χ0) is 20.1. The van der Waals surface area contributed by atoms with E-state index in [-0.39, 0.29) is 11.8 Å². The van der Waals surface area contributed by atoms with Crippen LogP contribution in [0.25, 0.3) is 0 Å². The Morgan fingerprint density at radius 3 is 2.36 bits per heavy atom. The fraction of sp³-hybridized carbons (Fsp3) is 0.391. The molecule has 1 N–H and O–H groups in total. The lowest BCUT2D eigenvalue weighted by Gasteiger charge is -2.18. The van der Waals surface area contributed by atoms with Crippen LogP contribution in [0.1, 0.15) is 43.7 Å². The zero-order valence-corrected chi connectivity index (χ0v) is 16.9. The Balaban J connectivity index is 1.49. The molecule has 0 atom stereocenters. The summed E-state index contributed by atoms with van der Waals surface area (Å²) in [6.45, 7) is 6.18. The van der Waals surface area contributed by atoms with E-state index in [1.807, 2.05) is 36.2 Å². The van der Waals surface area contributed by atoms with Gasteiger partial charge >= 0.3 is 0 Å². The van der Waals surface area contributed by atoms with E-state index in [1.54, 1.807) is 4.90 Å². The average molecular weight is 380 g/mol. The molecule has 2 aromatic rings. The fourth-order valence-corrected chi connectivity index (χ4v) is 3.47. The van der Waals surface area contributed by atoms with Gasteiger partial charge < -0.3 is 10.2 Å². The van der Waals surface area contributed by atoms with E-state index >= 15 is 0 Å². The van der Waals surface area contributed by atoms with Crippen molar-refractivity contribution in [2.24, 2.45) is 0 Å². The third-order valence-electron chi connectivity index (χ3n) is 5.05.